The van der Waals surface area contributed by atoms with Gasteiger partial charge in [-0.05, 0) is 60.7 Å². The van der Waals surface area contributed by atoms with E-state index in [1.165, 1.54) is 21.5 Å². The summed E-state index contributed by atoms with van der Waals surface area (Å²) in [7, 11) is 0. The zero-order valence-corrected chi connectivity index (χ0v) is 11.9. The van der Waals surface area contributed by atoms with Crippen molar-refractivity contribution in [2.75, 3.05) is 6.61 Å². The van der Waals surface area contributed by atoms with E-state index in [0.29, 0.717) is 0 Å². The molecule has 0 aromatic carbocycles. The molecule has 90 valence electrons. The highest BCUT2D eigenvalue weighted by Gasteiger charge is 2.34. The minimum Gasteiger partial charge on any atom is -0.374 e. The molecule has 0 aliphatic carbocycles. The zero-order valence-electron chi connectivity index (χ0n) is 9.54. The number of rotatable bonds is 3. The molecule has 1 fully saturated rings. The molecule has 1 aromatic rings. The summed E-state index contributed by atoms with van der Waals surface area (Å²) in [5.41, 5.74) is 6.16. The highest BCUT2D eigenvalue weighted by atomic mass is 79.9. The van der Waals surface area contributed by atoms with Crippen LogP contribution in [0.2, 0.25) is 0 Å². The lowest BCUT2D eigenvalue weighted by Gasteiger charge is -2.38. The molecule has 0 radical (unpaired) electrons. The third kappa shape index (κ3) is 2.86. The van der Waals surface area contributed by atoms with Crippen molar-refractivity contribution in [2.45, 2.75) is 44.2 Å². The minimum atomic E-state index is -0.130. The molecule has 1 aromatic heterocycles. The molecular formula is C12H18BrNOS. The van der Waals surface area contributed by atoms with Crippen LogP contribution in [0.5, 0.6) is 0 Å². The molecule has 1 aliphatic heterocycles. The fourth-order valence-electron chi connectivity index (χ4n) is 2.14. The number of hydrogen-bond acceptors (Lipinski definition) is 3. The van der Waals surface area contributed by atoms with Gasteiger partial charge in [0.1, 0.15) is 0 Å². The lowest BCUT2D eigenvalue weighted by Crippen LogP contribution is -2.50. The fourth-order valence-corrected chi connectivity index (χ4v) is 3.68. The predicted molar refractivity (Wildman–Crippen MR) is 71.9 cm³/mol. The molecule has 0 amide bonds. The Kier molecular flexibility index (Phi) is 4.06. The van der Waals surface area contributed by atoms with E-state index in [2.05, 4.69) is 35.0 Å². The highest BCUT2D eigenvalue weighted by Crippen LogP contribution is 2.30. The van der Waals surface area contributed by atoms with Crippen LogP contribution >= 0.6 is 27.3 Å². The molecule has 2 unspecified atom stereocenters. The van der Waals surface area contributed by atoms with Gasteiger partial charge in [0, 0.05) is 17.5 Å². The van der Waals surface area contributed by atoms with E-state index in [1.54, 1.807) is 11.3 Å². The van der Waals surface area contributed by atoms with Crippen LogP contribution in [0.25, 0.3) is 0 Å². The number of ether oxygens (including phenoxy) is 1. The van der Waals surface area contributed by atoms with Crippen molar-refractivity contribution in [3.63, 3.8) is 0 Å². The number of thiophene rings is 1. The van der Waals surface area contributed by atoms with Crippen molar-refractivity contribution < 1.29 is 4.74 Å². The second-order valence-corrected chi connectivity index (χ2v) is 7.18. The Morgan fingerprint density at radius 3 is 2.94 bits per heavy atom. The van der Waals surface area contributed by atoms with Gasteiger partial charge in [-0.25, -0.2) is 0 Å². The largest absolute Gasteiger partial charge is 0.374 e. The van der Waals surface area contributed by atoms with E-state index in [0.717, 1.165) is 19.4 Å². The average molecular weight is 304 g/mol. The Morgan fingerprint density at radius 1 is 1.56 bits per heavy atom. The first-order chi connectivity index (χ1) is 7.60. The maximum absolute atomic E-state index is 6.29. The summed E-state index contributed by atoms with van der Waals surface area (Å²) in [6, 6.07) is 4.32. The van der Waals surface area contributed by atoms with Crippen LogP contribution < -0.4 is 5.73 Å². The van der Waals surface area contributed by atoms with Crippen molar-refractivity contribution in [1.82, 2.24) is 0 Å². The van der Waals surface area contributed by atoms with Gasteiger partial charge in [0.15, 0.2) is 0 Å². The van der Waals surface area contributed by atoms with Gasteiger partial charge in [-0.1, -0.05) is 0 Å². The van der Waals surface area contributed by atoms with Crippen molar-refractivity contribution in [3.8, 4) is 0 Å². The summed E-state index contributed by atoms with van der Waals surface area (Å²) >= 11 is 5.24. The van der Waals surface area contributed by atoms with Gasteiger partial charge >= 0.3 is 0 Å². The third-order valence-electron chi connectivity index (χ3n) is 3.33. The van der Waals surface area contributed by atoms with Crippen LogP contribution in [0.1, 0.15) is 31.1 Å². The maximum Gasteiger partial charge on any atom is 0.0808 e. The van der Waals surface area contributed by atoms with Crippen molar-refractivity contribution in [3.05, 3.63) is 20.8 Å². The van der Waals surface area contributed by atoms with Gasteiger partial charge in [0.25, 0.3) is 0 Å². The van der Waals surface area contributed by atoms with Crippen molar-refractivity contribution in [2.24, 2.45) is 5.73 Å². The first-order valence-corrected chi connectivity index (χ1v) is 7.35. The predicted octanol–water partition coefficient (Wildman–Crippen LogP) is 3.34. The van der Waals surface area contributed by atoms with Gasteiger partial charge in [-0.15, -0.1) is 11.3 Å². The van der Waals surface area contributed by atoms with E-state index < -0.39 is 0 Å². The maximum atomic E-state index is 6.29. The lowest BCUT2D eigenvalue weighted by atomic mass is 9.87. The molecule has 1 saturated heterocycles. The Morgan fingerprint density at radius 2 is 2.38 bits per heavy atom. The van der Waals surface area contributed by atoms with Crippen LogP contribution in [0, 0.1) is 0 Å². The molecule has 2 N–H and O–H groups in total. The summed E-state index contributed by atoms with van der Waals surface area (Å²) < 4.78 is 7.04. The summed E-state index contributed by atoms with van der Waals surface area (Å²) in [6.45, 7) is 3.01. The van der Waals surface area contributed by atoms with Crippen molar-refractivity contribution in [1.29, 1.82) is 0 Å². The fraction of sp³-hybridized carbons (Fsp3) is 0.667. The quantitative estimate of drug-likeness (QED) is 0.929. The van der Waals surface area contributed by atoms with E-state index >= 15 is 0 Å². The normalized spacial score (nSPS) is 27.9. The molecule has 2 atom stereocenters. The van der Waals surface area contributed by atoms with E-state index in [9.17, 15) is 0 Å². The highest BCUT2D eigenvalue weighted by molar-refractivity contribution is 9.11. The van der Waals surface area contributed by atoms with Gasteiger partial charge in [0.2, 0.25) is 0 Å². The second kappa shape index (κ2) is 5.17. The summed E-state index contributed by atoms with van der Waals surface area (Å²) in [6.07, 6.45) is 4.40. The Labute approximate surface area is 109 Å². The van der Waals surface area contributed by atoms with E-state index in [4.69, 9.17) is 10.5 Å². The van der Waals surface area contributed by atoms with Crippen LogP contribution in [0.4, 0.5) is 0 Å². The summed E-state index contributed by atoms with van der Waals surface area (Å²) in [5.74, 6) is 0. The topological polar surface area (TPSA) is 35.2 Å². The molecule has 0 saturated carbocycles. The van der Waals surface area contributed by atoms with Gasteiger partial charge < -0.3 is 10.5 Å². The van der Waals surface area contributed by atoms with E-state index in [-0.39, 0.29) is 11.6 Å². The molecule has 1 aliphatic rings. The third-order valence-corrected chi connectivity index (χ3v) is 4.98. The molecule has 0 spiro atoms. The first-order valence-electron chi connectivity index (χ1n) is 5.74. The van der Waals surface area contributed by atoms with Gasteiger partial charge in [-0.3, -0.25) is 0 Å². The summed E-state index contributed by atoms with van der Waals surface area (Å²) in [4.78, 5) is 1.33. The Bertz CT molecular complexity index is 347. The van der Waals surface area contributed by atoms with Gasteiger partial charge in [-0.2, -0.15) is 0 Å². The van der Waals surface area contributed by atoms with E-state index in [1.807, 2.05) is 0 Å². The monoisotopic (exact) mass is 303 g/mol. The van der Waals surface area contributed by atoms with Gasteiger partial charge in [0.05, 0.1) is 9.39 Å². The second-order valence-electron chi connectivity index (χ2n) is 4.63. The minimum absolute atomic E-state index is 0.0957. The Hall–Kier alpha value is 0.1000. The first kappa shape index (κ1) is 12.6. The summed E-state index contributed by atoms with van der Waals surface area (Å²) in [5, 5.41) is 0. The number of hydrogen-bond donors (Lipinski definition) is 1. The average Bonchev–Trinajstić information content (AvgIpc) is 2.65. The number of nitrogens with two attached hydrogens (primary N) is 1. The molecule has 2 nitrogen and oxygen atoms in total. The SMILES string of the molecule is CC1(C(N)Cc2ccc(Br)s2)CCCCO1. The Balaban J connectivity index is 1.98. The molecule has 0 bridgehead atoms. The standard InChI is InChI=1S/C12H18BrNOS/c1-12(6-2-3-7-15-12)10(14)8-9-4-5-11(13)16-9/h4-5,10H,2-3,6-8,14H2,1H3. The molecule has 4 heteroatoms. The van der Waals surface area contributed by atoms with Crippen LogP contribution in [-0.4, -0.2) is 18.2 Å². The molecular weight excluding hydrogens is 286 g/mol. The van der Waals surface area contributed by atoms with Crippen LogP contribution in [0.15, 0.2) is 15.9 Å². The van der Waals surface area contributed by atoms with Crippen LogP contribution in [-0.2, 0) is 11.2 Å². The molecule has 2 rings (SSSR count). The van der Waals surface area contributed by atoms with Crippen molar-refractivity contribution >= 4 is 27.3 Å². The van der Waals surface area contributed by atoms with Crippen LogP contribution in [0.3, 0.4) is 0 Å². The molecule has 2 heterocycles. The zero-order chi connectivity index (χ0) is 11.6. The molecule has 16 heavy (non-hydrogen) atoms. The lowest BCUT2D eigenvalue weighted by molar-refractivity contribution is -0.0807. The number of halogens is 1. The smallest absolute Gasteiger partial charge is 0.0808 e.